The minimum Gasteiger partial charge on any atom is -0.361 e. The lowest BCUT2D eigenvalue weighted by Gasteiger charge is -2.18. The number of pyridine rings is 1. The van der Waals surface area contributed by atoms with Crippen LogP contribution in [0, 0.1) is 0 Å². The van der Waals surface area contributed by atoms with Crippen molar-refractivity contribution in [3.63, 3.8) is 0 Å². The zero-order valence-corrected chi connectivity index (χ0v) is 13.6. The van der Waals surface area contributed by atoms with Crippen LogP contribution < -0.4 is 9.03 Å². The molecule has 25 heavy (non-hydrogen) atoms. The van der Waals surface area contributed by atoms with Crippen molar-refractivity contribution in [3.05, 3.63) is 55.0 Å². The molecule has 4 aromatic rings. The van der Waals surface area contributed by atoms with Crippen LogP contribution in [0.3, 0.4) is 0 Å². The number of hydrogen-bond acceptors (Lipinski definition) is 4. The second kappa shape index (κ2) is 5.64. The van der Waals surface area contributed by atoms with E-state index in [2.05, 4.69) is 19.7 Å². The molecule has 0 radical (unpaired) electrons. The average Bonchev–Trinajstić information content (AvgIpc) is 3.22. The van der Waals surface area contributed by atoms with E-state index in [1.165, 1.54) is 6.20 Å². The highest BCUT2D eigenvalue weighted by atomic mass is 32.2. The van der Waals surface area contributed by atoms with Crippen LogP contribution >= 0.6 is 0 Å². The van der Waals surface area contributed by atoms with E-state index in [-0.39, 0.29) is 12.1 Å². The number of amides is 1. The van der Waals surface area contributed by atoms with Gasteiger partial charge in [0.05, 0.1) is 11.4 Å². The van der Waals surface area contributed by atoms with Crippen LogP contribution in [0.5, 0.6) is 0 Å². The number of nitrogens with one attached hydrogen (secondary N) is 3. The molecule has 0 unspecified atom stereocenters. The number of carbonyl (C=O) groups excluding carboxylic acids is 1. The van der Waals surface area contributed by atoms with E-state index >= 15 is 0 Å². The minimum absolute atomic E-state index is 0.232. The number of aromatic nitrogens is 3. The van der Waals surface area contributed by atoms with E-state index in [0.29, 0.717) is 21.0 Å². The number of anilines is 2. The molecule has 3 heterocycles. The number of aromatic amines is 2. The van der Waals surface area contributed by atoms with Crippen LogP contribution in [0.2, 0.25) is 0 Å². The van der Waals surface area contributed by atoms with Crippen molar-refractivity contribution in [2.75, 3.05) is 9.03 Å². The van der Waals surface area contributed by atoms with Gasteiger partial charge in [-0.3, -0.25) is 9.52 Å². The fraction of sp³-hybridized carbons (Fsp3) is 0. The van der Waals surface area contributed by atoms with Crippen molar-refractivity contribution >= 4 is 49.9 Å². The molecule has 1 aromatic carbocycles. The normalized spacial score (nSPS) is 11.7. The molecule has 0 aliphatic heterocycles. The van der Waals surface area contributed by atoms with Crippen LogP contribution in [-0.4, -0.2) is 29.8 Å². The topological polar surface area (TPSA) is 111 Å². The van der Waals surface area contributed by atoms with Gasteiger partial charge in [0.25, 0.3) is 0 Å². The van der Waals surface area contributed by atoms with Crippen LogP contribution in [0.25, 0.3) is 21.9 Å². The quantitative estimate of drug-likeness (QED) is 0.477. The molecular weight excluding hydrogens is 342 g/mol. The number of hydrogen-bond donors (Lipinski definition) is 3. The first-order valence-electron chi connectivity index (χ1n) is 7.35. The fourth-order valence-electron chi connectivity index (χ4n) is 2.66. The highest BCUT2D eigenvalue weighted by Gasteiger charge is 2.23. The highest BCUT2D eigenvalue weighted by Crippen LogP contribution is 2.26. The van der Waals surface area contributed by atoms with Gasteiger partial charge in [-0.1, -0.05) is 6.07 Å². The third-order valence-electron chi connectivity index (χ3n) is 3.84. The third-order valence-corrected chi connectivity index (χ3v) is 5.13. The Hall–Kier alpha value is -3.33. The number of carbonyl (C=O) groups is 1. The summed E-state index contributed by atoms with van der Waals surface area (Å²) in [4.78, 5) is 21.5. The summed E-state index contributed by atoms with van der Waals surface area (Å²) in [6.07, 6.45) is 5.09. The van der Waals surface area contributed by atoms with Crippen LogP contribution in [-0.2, 0) is 15.0 Å². The number of rotatable bonds is 5. The lowest BCUT2D eigenvalue weighted by Crippen LogP contribution is -2.34. The number of benzene rings is 1. The fourth-order valence-corrected chi connectivity index (χ4v) is 3.71. The summed E-state index contributed by atoms with van der Waals surface area (Å²) in [5.41, 5.74) is 1.83. The Kier molecular flexibility index (Phi) is 3.43. The molecule has 0 aliphatic rings. The van der Waals surface area contributed by atoms with E-state index in [4.69, 9.17) is 0 Å². The van der Waals surface area contributed by atoms with Gasteiger partial charge in [0.15, 0.2) is 0 Å². The van der Waals surface area contributed by atoms with Gasteiger partial charge >= 0.3 is 10.2 Å². The van der Waals surface area contributed by atoms with Gasteiger partial charge in [0.2, 0.25) is 6.41 Å². The van der Waals surface area contributed by atoms with Crippen molar-refractivity contribution in [3.8, 4) is 0 Å². The van der Waals surface area contributed by atoms with Gasteiger partial charge in [-0.2, -0.15) is 12.7 Å². The van der Waals surface area contributed by atoms with Crippen LogP contribution in [0.4, 0.5) is 11.4 Å². The zero-order chi connectivity index (χ0) is 17.4. The largest absolute Gasteiger partial charge is 0.361 e. The Morgan fingerprint density at radius 1 is 1.16 bits per heavy atom. The van der Waals surface area contributed by atoms with Crippen molar-refractivity contribution in [2.45, 2.75) is 0 Å². The summed E-state index contributed by atoms with van der Waals surface area (Å²) >= 11 is 0. The van der Waals surface area contributed by atoms with Crippen molar-refractivity contribution in [2.24, 2.45) is 0 Å². The molecule has 0 saturated carbocycles. The van der Waals surface area contributed by atoms with Gasteiger partial charge in [-0.05, 0) is 35.7 Å². The van der Waals surface area contributed by atoms with E-state index in [1.54, 1.807) is 42.7 Å². The molecule has 3 N–H and O–H groups in total. The molecule has 0 bridgehead atoms. The average molecular weight is 355 g/mol. The molecule has 1 amide bonds. The Labute approximate surface area is 142 Å². The first kappa shape index (κ1) is 15.2. The molecule has 0 spiro atoms. The Balaban J connectivity index is 1.72. The summed E-state index contributed by atoms with van der Waals surface area (Å²) in [5, 5.41) is 1.53. The summed E-state index contributed by atoms with van der Waals surface area (Å²) in [6.45, 7) is 0. The first-order chi connectivity index (χ1) is 12.1. The van der Waals surface area contributed by atoms with Crippen molar-refractivity contribution in [1.82, 2.24) is 15.0 Å². The maximum Gasteiger partial charge on any atom is 0.330 e. The monoisotopic (exact) mass is 355 g/mol. The van der Waals surface area contributed by atoms with Gasteiger partial charge in [-0.15, -0.1) is 0 Å². The van der Waals surface area contributed by atoms with Gasteiger partial charge < -0.3 is 9.97 Å². The molecule has 0 fully saturated rings. The van der Waals surface area contributed by atoms with Gasteiger partial charge in [0.1, 0.15) is 5.65 Å². The van der Waals surface area contributed by atoms with E-state index in [9.17, 15) is 13.2 Å². The smallest absolute Gasteiger partial charge is 0.330 e. The first-order valence-corrected chi connectivity index (χ1v) is 8.79. The predicted octanol–water partition coefficient (Wildman–Crippen LogP) is 2.36. The maximum absolute atomic E-state index is 12.7. The van der Waals surface area contributed by atoms with Gasteiger partial charge in [0, 0.05) is 29.5 Å². The summed E-state index contributed by atoms with van der Waals surface area (Å²) in [7, 11) is -4.14. The van der Waals surface area contributed by atoms with Crippen LogP contribution in [0.15, 0.2) is 55.0 Å². The highest BCUT2D eigenvalue weighted by molar-refractivity contribution is 7.94. The Bertz CT molecular complexity index is 1180. The summed E-state index contributed by atoms with van der Waals surface area (Å²) in [5.74, 6) is 0. The molecular formula is C16H13N5O3S. The van der Waals surface area contributed by atoms with E-state index in [1.807, 2.05) is 6.07 Å². The van der Waals surface area contributed by atoms with Gasteiger partial charge in [-0.25, -0.2) is 4.98 Å². The summed E-state index contributed by atoms with van der Waals surface area (Å²) in [6, 6.07) is 10.2. The second-order valence-corrected chi connectivity index (χ2v) is 6.91. The van der Waals surface area contributed by atoms with Crippen LogP contribution in [0.1, 0.15) is 0 Å². The minimum atomic E-state index is -4.14. The summed E-state index contributed by atoms with van der Waals surface area (Å²) < 4.78 is 28.4. The molecule has 4 rings (SSSR count). The van der Waals surface area contributed by atoms with E-state index in [0.717, 1.165) is 10.9 Å². The lowest BCUT2D eigenvalue weighted by atomic mass is 10.2. The SMILES string of the molecule is O=CN(c1ccc2cc[nH]c2c1)S(=O)(=O)Nc1c[nH]c2ncccc12. The number of nitrogens with zero attached hydrogens (tertiary/aromatic N) is 2. The van der Waals surface area contributed by atoms with E-state index < -0.39 is 10.2 Å². The second-order valence-electron chi connectivity index (χ2n) is 5.36. The Morgan fingerprint density at radius 3 is 2.88 bits per heavy atom. The zero-order valence-electron chi connectivity index (χ0n) is 12.8. The Morgan fingerprint density at radius 2 is 2.04 bits per heavy atom. The van der Waals surface area contributed by atoms with Crippen molar-refractivity contribution in [1.29, 1.82) is 0 Å². The molecule has 8 nitrogen and oxygen atoms in total. The molecule has 0 atom stereocenters. The molecule has 126 valence electrons. The third kappa shape index (κ3) is 2.60. The molecule has 3 aromatic heterocycles. The molecule has 0 saturated heterocycles. The molecule has 0 aliphatic carbocycles. The standard InChI is InChI=1S/C16H13N5O3S/c22-10-21(12-4-3-11-5-7-17-14(11)8-12)25(23,24)20-15-9-19-16-13(15)2-1-6-18-16/h1-10,17,20H,(H,18,19). The number of fused-ring (bicyclic) bond motifs is 2. The van der Waals surface area contributed by atoms with Crippen molar-refractivity contribution < 1.29 is 13.2 Å². The maximum atomic E-state index is 12.7. The number of H-pyrrole nitrogens is 2. The lowest BCUT2D eigenvalue weighted by molar-refractivity contribution is -0.106. The molecule has 9 heteroatoms. The predicted molar refractivity (Wildman–Crippen MR) is 95.5 cm³/mol.